The van der Waals surface area contributed by atoms with Crippen molar-refractivity contribution < 1.29 is 4.79 Å². The molecule has 2 heterocycles. The van der Waals surface area contributed by atoms with Crippen LogP contribution in [0.2, 0.25) is 0 Å². The molecular formula is C10H12BrNOS. The molecule has 4 heteroatoms. The fourth-order valence-corrected chi connectivity index (χ4v) is 3.35. The van der Waals surface area contributed by atoms with Crippen molar-refractivity contribution in [2.75, 3.05) is 6.54 Å². The molecule has 1 aromatic heterocycles. The molecule has 2 unspecified atom stereocenters. The Morgan fingerprint density at radius 1 is 1.64 bits per heavy atom. The minimum absolute atomic E-state index is 0.154. The van der Waals surface area contributed by atoms with Gasteiger partial charge in [-0.3, -0.25) is 4.79 Å². The van der Waals surface area contributed by atoms with E-state index in [1.54, 1.807) is 11.3 Å². The minimum Gasteiger partial charge on any atom is -0.313 e. The third-order valence-corrected chi connectivity index (χ3v) is 4.44. The van der Waals surface area contributed by atoms with E-state index in [2.05, 4.69) is 28.2 Å². The number of ketones is 1. The topological polar surface area (TPSA) is 29.1 Å². The summed E-state index contributed by atoms with van der Waals surface area (Å²) in [7, 11) is 0. The fourth-order valence-electron chi connectivity index (χ4n) is 1.87. The Morgan fingerprint density at radius 3 is 2.93 bits per heavy atom. The Hall–Kier alpha value is -0.190. The Bertz CT molecular complexity index is 350. The van der Waals surface area contributed by atoms with Crippen molar-refractivity contribution in [3.05, 3.63) is 20.8 Å². The Kier molecular flexibility index (Phi) is 3.04. The molecular weight excluding hydrogens is 262 g/mol. The zero-order valence-electron chi connectivity index (χ0n) is 7.92. The first-order chi connectivity index (χ1) is 6.70. The summed E-state index contributed by atoms with van der Waals surface area (Å²) in [4.78, 5) is 12.1. The second-order valence-electron chi connectivity index (χ2n) is 3.64. The number of hydrogen-bond donors (Lipinski definition) is 1. The molecule has 2 rings (SSSR count). The van der Waals surface area contributed by atoms with Crippen LogP contribution in [-0.2, 0) is 0 Å². The van der Waals surface area contributed by atoms with E-state index in [1.807, 2.05) is 10.8 Å². The standard InChI is InChI=1S/C10H12BrNOS/c1-6-7(2-3-12-6)10(13)8-4-14-5-9(8)11/h4-7,12H,2-3H2,1H3. The molecule has 1 aromatic rings. The van der Waals surface area contributed by atoms with E-state index in [9.17, 15) is 4.79 Å². The van der Waals surface area contributed by atoms with Crippen molar-refractivity contribution in [3.8, 4) is 0 Å². The van der Waals surface area contributed by atoms with Crippen molar-refractivity contribution in [2.24, 2.45) is 5.92 Å². The summed E-state index contributed by atoms with van der Waals surface area (Å²) in [6.45, 7) is 3.04. The second kappa shape index (κ2) is 4.13. The van der Waals surface area contributed by atoms with Crippen LogP contribution >= 0.6 is 27.3 Å². The Balaban J connectivity index is 2.20. The first kappa shape index (κ1) is 10.3. The lowest BCUT2D eigenvalue weighted by molar-refractivity contribution is 0.0914. The van der Waals surface area contributed by atoms with Crippen LogP contribution in [0.5, 0.6) is 0 Å². The van der Waals surface area contributed by atoms with E-state index in [4.69, 9.17) is 0 Å². The van der Waals surface area contributed by atoms with Gasteiger partial charge in [0.2, 0.25) is 0 Å². The predicted molar refractivity (Wildman–Crippen MR) is 61.9 cm³/mol. The molecule has 1 saturated heterocycles. The van der Waals surface area contributed by atoms with Crippen LogP contribution in [-0.4, -0.2) is 18.4 Å². The lowest BCUT2D eigenvalue weighted by atomic mass is 9.93. The maximum Gasteiger partial charge on any atom is 0.169 e. The molecule has 2 atom stereocenters. The van der Waals surface area contributed by atoms with E-state index in [0.717, 1.165) is 23.0 Å². The van der Waals surface area contributed by atoms with Gasteiger partial charge in [-0.05, 0) is 35.8 Å². The number of thiophene rings is 1. The van der Waals surface area contributed by atoms with Gasteiger partial charge in [-0.15, -0.1) is 0 Å². The predicted octanol–water partition coefficient (Wildman–Crippen LogP) is 2.69. The zero-order valence-corrected chi connectivity index (χ0v) is 10.3. The van der Waals surface area contributed by atoms with E-state index in [0.29, 0.717) is 6.04 Å². The van der Waals surface area contributed by atoms with Crippen LogP contribution in [0.4, 0.5) is 0 Å². The number of rotatable bonds is 2. The van der Waals surface area contributed by atoms with Crippen LogP contribution in [0.3, 0.4) is 0 Å². The number of hydrogen-bond acceptors (Lipinski definition) is 3. The van der Waals surface area contributed by atoms with Crippen molar-refractivity contribution in [1.82, 2.24) is 5.32 Å². The smallest absolute Gasteiger partial charge is 0.169 e. The first-order valence-corrected chi connectivity index (χ1v) is 6.43. The summed E-state index contributed by atoms with van der Waals surface area (Å²) in [5, 5.41) is 7.19. The average molecular weight is 274 g/mol. The van der Waals surface area contributed by atoms with Crippen LogP contribution in [0.25, 0.3) is 0 Å². The van der Waals surface area contributed by atoms with E-state index in [1.165, 1.54) is 0 Å². The number of carbonyl (C=O) groups excluding carboxylic acids is 1. The first-order valence-electron chi connectivity index (χ1n) is 4.69. The molecule has 0 aliphatic carbocycles. The van der Waals surface area contributed by atoms with Gasteiger partial charge >= 0.3 is 0 Å². The summed E-state index contributed by atoms with van der Waals surface area (Å²) in [6, 6.07) is 0.314. The van der Waals surface area contributed by atoms with Gasteiger partial charge in [0.1, 0.15) is 0 Å². The van der Waals surface area contributed by atoms with Crippen molar-refractivity contribution in [3.63, 3.8) is 0 Å². The van der Waals surface area contributed by atoms with Crippen LogP contribution in [0.15, 0.2) is 15.2 Å². The normalized spacial score (nSPS) is 26.7. The molecule has 76 valence electrons. The monoisotopic (exact) mass is 273 g/mol. The summed E-state index contributed by atoms with van der Waals surface area (Å²) >= 11 is 4.97. The summed E-state index contributed by atoms with van der Waals surface area (Å²) in [6.07, 6.45) is 0.961. The molecule has 0 amide bonds. The molecule has 0 spiro atoms. The number of carbonyl (C=O) groups is 1. The lowest BCUT2D eigenvalue weighted by Gasteiger charge is -2.12. The Labute approximate surface area is 95.8 Å². The molecule has 0 bridgehead atoms. The fraction of sp³-hybridized carbons (Fsp3) is 0.500. The molecule has 0 saturated carbocycles. The van der Waals surface area contributed by atoms with Gasteiger partial charge in [0.25, 0.3) is 0 Å². The second-order valence-corrected chi connectivity index (χ2v) is 5.23. The van der Waals surface area contributed by atoms with E-state index < -0.39 is 0 Å². The highest BCUT2D eigenvalue weighted by atomic mass is 79.9. The summed E-state index contributed by atoms with van der Waals surface area (Å²) < 4.78 is 0.937. The average Bonchev–Trinajstić information content (AvgIpc) is 2.73. The minimum atomic E-state index is 0.154. The summed E-state index contributed by atoms with van der Waals surface area (Å²) in [5.74, 6) is 0.427. The molecule has 1 fully saturated rings. The molecule has 0 aromatic carbocycles. The third kappa shape index (κ3) is 1.78. The maximum absolute atomic E-state index is 12.1. The van der Waals surface area contributed by atoms with Gasteiger partial charge in [-0.2, -0.15) is 11.3 Å². The van der Waals surface area contributed by atoms with Crippen LogP contribution in [0.1, 0.15) is 23.7 Å². The molecule has 1 aliphatic rings. The SMILES string of the molecule is CC1NCCC1C(=O)c1cscc1Br. The number of Topliss-reactive ketones (excluding diaryl/α,β-unsaturated/α-hetero) is 1. The quantitative estimate of drug-likeness (QED) is 0.840. The molecule has 1 N–H and O–H groups in total. The highest BCUT2D eigenvalue weighted by molar-refractivity contribution is 9.10. The van der Waals surface area contributed by atoms with E-state index in [-0.39, 0.29) is 11.7 Å². The number of halogens is 1. The van der Waals surface area contributed by atoms with Gasteiger partial charge in [0.05, 0.1) is 0 Å². The van der Waals surface area contributed by atoms with Crippen molar-refractivity contribution >= 4 is 33.0 Å². The van der Waals surface area contributed by atoms with Crippen LogP contribution in [0, 0.1) is 5.92 Å². The number of nitrogens with one attached hydrogen (secondary N) is 1. The molecule has 2 nitrogen and oxygen atoms in total. The highest BCUT2D eigenvalue weighted by Gasteiger charge is 2.31. The third-order valence-electron chi connectivity index (χ3n) is 2.74. The van der Waals surface area contributed by atoms with Crippen molar-refractivity contribution in [1.29, 1.82) is 0 Å². The Morgan fingerprint density at radius 2 is 2.43 bits per heavy atom. The summed E-state index contributed by atoms with van der Waals surface area (Å²) in [5.41, 5.74) is 0.843. The van der Waals surface area contributed by atoms with Gasteiger partial charge in [0.15, 0.2) is 5.78 Å². The lowest BCUT2D eigenvalue weighted by Crippen LogP contribution is -2.28. The largest absolute Gasteiger partial charge is 0.313 e. The molecule has 14 heavy (non-hydrogen) atoms. The van der Waals surface area contributed by atoms with Gasteiger partial charge in [-0.25, -0.2) is 0 Å². The zero-order chi connectivity index (χ0) is 10.1. The molecule has 1 aliphatic heterocycles. The van der Waals surface area contributed by atoms with Gasteiger partial charge in [-0.1, -0.05) is 0 Å². The van der Waals surface area contributed by atoms with Gasteiger partial charge < -0.3 is 5.32 Å². The maximum atomic E-state index is 12.1. The highest BCUT2D eigenvalue weighted by Crippen LogP contribution is 2.27. The van der Waals surface area contributed by atoms with Gasteiger partial charge in [0, 0.05) is 32.8 Å². The van der Waals surface area contributed by atoms with Crippen LogP contribution < -0.4 is 5.32 Å². The van der Waals surface area contributed by atoms with Crippen molar-refractivity contribution in [2.45, 2.75) is 19.4 Å². The van der Waals surface area contributed by atoms with E-state index >= 15 is 0 Å². The molecule has 0 radical (unpaired) electrons.